The number of piperidine rings is 1. The summed E-state index contributed by atoms with van der Waals surface area (Å²) in [6, 6.07) is 11.2. The van der Waals surface area contributed by atoms with Crippen LogP contribution in [0.1, 0.15) is 43.4 Å². The molecule has 33 heavy (non-hydrogen) atoms. The van der Waals surface area contributed by atoms with Crippen LogP contribution in [0.15, 0.2) is 42.5 Å². The Kier molecular flexibility index (Phi) is 9.21. The third kappa shape index (κ3) is 8.09. The maximum Gasteiger partial charge on any atom is 0.317 e. The maximum atomic E-state index is 14.3. The molecule has 1 aliphatic heterocycles. The lowest BCUT2D eigenvalue weighted by atomic mass is 9.96. The largest absolute Gasteiger partial charge is 0.374 e. The van der Waals surface area contributed by atoms with Crippen LogP contribution >= 0.6 is 0 Å². The van der Waals surface area contributed by atoms with Crippen LogP contribution in [0.2, 0.25) is 0 Å². The molecule has 7 heteroatoms. The van der Waals surface area contributed by atoms with Gasteiger partial charge in [-0.2, -0.15) is 0 Å². The number of urea groups is 1. The Hall–Kier alpha value is -2.51. The second-order valence-electron chi connectivity index (χ2n) is 9.20. The van der Waals surface area contributed by atoms with Crippen molar-refractivity contribution in [1.82, 2.24) is 15.1 Å². The third-order valence-corrected chi connectivity index (χ3v) is 6.03. The Morgan fingerprint density at radius 3 is 2.42 bits per heavy atom. The van der Waals surface area contributed by atoms with Gasteiger partial charge in [-0.05, 0) is 69.9 Å². The van der Waals surface area contributed by atoms with Crippen LogP contribution in [0, 0.1) is 17.6 Å². The standard InChI is InChI=1S/C26H35F2N3O2/c1-19(2)33-18-22-6-4-20(5-7-22)15-29-26(32)31(16-21-10-12-30(3)13-11-21)17-23-8-9-24(27)14-25(23)28/h4-9,14,19,21H,10-13,15-18H2,1-3H3,(H,29,32). The fourth-order valence-corrected chi connectivity index (χ4v) is 3.94. The summed E-state index contributed by atoms with van der Waals surface area (Å²) in [5.74, 6) is -0.893. The molecule has 5 nitrogen and oxygen atoms in total. The Morgan fingerprint density at radius 1 is 1.12 bits per heavy atom. The van der Waals surface area contributed by atoms with E-state index in [1.54, 1.807) is 4.90 Å². The molecule has 0 unspecified atom stereocenters. The number of hydrogen-bond acceptors (Lipinski definition) is 3. The van der Waals surface area contributed by atoms with Crippen molar-refractivity contribution >= 4 is 6.03 Å². The van der Waals surface area contributed by atoms with Gasteiger partial charge in [-0.3, -0.25) is 0 Å². The van der Waals surface area contributed by atoms with Gasteiger partial charge in [0.25, 0.3) is 0 Å². The zero-order valence-corrected chi connectivity index (χ0v) is 19.8. The van der Waals surface area contributed by atoms with Crippen LogP contribution < -0.4 is 5.32 Å². The van der Waals surface area contributed by atoms with Gasteiger partial charge >= 0.3 is 6.03 Å². The number of rotatable bonds is 9. The number of nitrogens with zero attached hydrogens (tertiary/aromatic N) is 2. The van der Waals surface area contributed by atoms with Crippen LogP contribution in [0.5, 0.6) is 0 Å². The Morgan fingerprint density at radius 2 is 1.79 bits per heavy atom. The molecule has 0 bridgehead atoms. The van der Waals surface area contributed by atoms with Gasteiger partial charge in [0.1, 0.15) is 11.6 Å². The first-order valence-corrected chi connectivity index (χ1v) is 11.6. The van der Waals surface area contributed by atoms with Crippen molar-refractivity contribution in [3.63, 3.8) is 0 Å². The lowest BCUT2D eigenvalue weighted by molar-refractivity contribution is 0.0657. The molecule has 0 atom stereocenters. The molecule has 2 amide bonds. The number of likely N-dealkylation sites (tertiary alicyclic amines) is 1. The Labute approximate surface area is 195 Å². The van der Waals surface area contributed by atoms with E-state index in [1.807, 2.05) is 38.1 Å². The highest BCUT2D eigenvalue weighted by Gasteiger charge is 2.23. The van der Waals surface area contributed by atoms with Crippen molar-refractivity contribution in [3.8, 4) is 0 Å². The minimum absolute atomic E-state index is 0.107. The number of amides is 2. The highest BCUT2D eigenvalue weighted by Crippen LogP contribution is 2.20. The summed E-state index contributed by atoms with van der Waals surface area (Å²) in [6.45, 7) is 7.55. The summed E-state index contributed by atoms with van der Waals surface area (Å²) < 4.78 is 33.2. The van der Waals surface area contributed by atoms with Crippen molar-refractivity contribution in [3.05, 3.63) is 70.8 Å². The van der Waals surface area contributed by atoms with Gasteiger partial charge in [0.05, 0.1) is 19.3 Å². The smallest absolute Gasteiger partial charge is 0.317 e. The van der Waals surface area contributed by atoms with Gasteiger partial charge in [0.15, 0.2) is 0 Å². The predicted octanol–water partition coefficient (Wildman–Crippen LogP) is 4.94. The van der Waals surface area contributed by atoms with Crippen LogP contribution in [-0.2, 0) is 24.4 Å². The van der Waals surface area contributed by atoms with E-state index in [-0.39, 0.29) is 18.7 Å². The van der Waals surface area contributed by atoms with E-state index in [2.05, 4.69) is 17.3 Å². The van der Waals surface area contributed by atoms with Crippen molar-refractivity contribution in [2.45, 2.75) is 52.5 Å². The molecule has 1 heterocycles. The molecule has 3 rings (SSSR count). The highest BCUT2D eigenvalue weighted by atomic mass is 19.1. The number of carbonyl (C=O) groups is 1. The lowest BCUT2D eigenvalue weighted by Crippen LogP contribution is -2.44. The van der Waals surface area contributed by atoms with Gasteiger partial charge in [-0.1, -0.05) is 30.3 Å². The average molecular weight is 460 g/mol. The molecule has 0 aliphatic carbocycles. The Balaban J connectivity index is 1.62. The summed E-state index contributed by atoms with van der Waals surface area (Å²) in [5.41, 5.74) is 2.37. The van der Waals surface area contributed by atoms with Gasteiger partial charge < -0.3 is 19.9 Å². The Bertz CT molecular complexity index is 897. The maximum absolute atomic E-state index is 14.3. The third-order valence-electron chi connectivity index (χ3n) is 6.03. The van der Waals surface area contributed by atoms with E-state index in [0.29, 0.717) is 31.2 Å². The van der Waals surface area contributed by atoms with Crippen LogP contribution in [-0.4, -0.2) is 48.6 Å². The van der Waals surface area contributed by atoms with E-state index >= 15 is 0 Å². The first kappa shape index (κ1) is 25.1. The molecular weight excluding hydrogens is 424 g/mol. The second kappa shape index (κ2) is 12.1. The molecule has 0 radical (unpaired) electrons. The van der Waals surface area contributed by atoms with E-state index in [0.717, 1.165) is 43.1 Å². The second-order valence-corrected chi connectivity index (χ2v) is 9.20. The monoisotopic (exact) mass is 459 g/mol. The number of ether oxygens (including phenoxy) is 1. The summed E-state index contributed by atoms with van der Waals surface area (Å²) in [5, 5.41) is 2.97. The van der Waals surface area contributed by atoms with E-state index in [9.17, 15) is 13.6 Å². The zero-order valence-electron chi connectivity index (χ0n) is 19.8. The first-order chi connectivity index (χ1) is 15.8. The topological polar surface area (TPSA) is 44.8 Å². The fraction of sp³-hybridized carbons (Fsp3) is 0.500. The zero-order chi connectivity index (χ0) is 23.8. The summed E-state index contributed by atoms with van der Waals surface area (Å²) in [6.07, 6.45) is 2.16. The van der Waals surface area contributed by atoms with Crippen molar-refractivity contribution in [2.24, 2.45) is 5.92 Å². The van der Waals surface area contributed by atoms with E-state index < -0.39 is 11.6 Å². The molecule has 2 aromatic rings. The van der Waals surface area contributed by atoms with Crippen LogP contribution in [0.25, 0.3) is 0 Å². The minimum atomic E-state index is -0.629. The van der Waals surface area contributed by atoms with Gasteiger partial charge in [0.2, 0.25) is 0 Å². The summed E-state index contributed by atoms with van der Waals surface area (Å²) in [4.78, 5) is 17.0. The van der Waals surface area contributed by atoms with Crippen molar-refractivity contribution in [1.29, 1.82) is 0 Å². The molecule has 0 spiro atoms. The van der Waals surface area contributed by atoms with Gasteiger partial charge in [-0.25, -0.2) is 13.6 Å². The van der Waals surface area contributed by atoms with Gasteiger partial charge in [-0.15, -0.1) is 0 Å². The predicted molar refractivity (Wildman–Crippen MR) is 126 cm³/mol. The molecule has 2 aromatic carbocycles. The van der Waals surface area contributed by atoms with Crippen LogP contribution in [0.3, 0.4) is 0 Å². The van der Waals surface area contributed by atoms with Crippen molar-refractivity contribution < 1.29 is 18.3 Å². The van der Waals surface area contributed by atoms with Crippen molar-refractivity contribution in [2.75, 3.05) is 26.7 Å². The number of halogens is 2. The number of hydrogen-bond donors (Lipinski definition) is 1. The lowest BCUT2D eigenvalue weighted by Gasteiger charge is -2.33. The minimum Gasteiger partial charge on any atom is -0.374 e. The highest BCUT2D eigenvalue weighted by molar-refractivity contribution is 5.74. The summed E-state index contributed by atoms with van der Waals surface area (Å²) >= 11 is 0. The number of nitrogens with one attached hydrogen (secondary N) is 1. The summed E-state index contributed by atoms with van der Waals surface area (Å²) in [7, 11) is 2.09. The molecule has 1 fully saturated rings. The molecule has 1 N–H and O–H groups in total. The molecule has 1 aliphatic rings. The average Bonchev–Trinajstić information content (AvgIpc) is 2.79. The number of benzene rings is 2. The molecule has 0 saturated carbocycles. The molecule has 0 aromatic heterocycles. The van der Waals surface area contributed by atoms with Gasteiger partial charge in [0, 0.05) is 24.7 Å². The first-order valence-electron chi connectivity index (χ1n) is 11.6. The fourth-order valence-electron chi connectivity index (χ4n) is 3.94. The number of carbonyl (C=O) groups excluding carboxylic acids is 1. The van der Waals surface area contributed by atoms with E-state index in [4.69, 9.17) is 4.74 Å². The normalized spacial score (nSPS) is 15.1. The van der Waals surface area contributed by atoms with Crippen LogP contribution in [0.4, 0.5) is 13.6 Å². The SMILES string of the molecule is CC(C)OCc1ccc(CNC(=O)N(Cc2ccc(F)cc2F)CC2CCN(C)CC2)cc1. The quantitative estimate of drug-likeness (QED) is 0.578. The van der Waals surface area contributed by atoms with E-state index in [1.165, 1.54) is 12.1 Å². The molecular formula is C26H35F2N3O2. The molecule has 180 valence electrons. The molecule has 1 saturated heterocycles.